The van der Waals surface area contributed by atoms with E-state index >= 15 is 0 Å². The van der Waals surface area contributed by atoms with Crippen LogP contribution in [0, 0.1) is 13.8 Å². The molecular formula is C25H30N4O3. The maximum Gasteiger partial charge on any atom is 0.253 e. The summed E-state index contributed by atoms with van der Waals surface area (Å²) in [5, 5.41) is 2.97. The largest absolute Gasteiger partial charge is 0.336 e. The van der Waals surface area contributed by atoms with Crippen LogP contribution in [0.5, 0.6) is 0 Å². The van der Waals surface area contributed by atoms with E-state index in [1.54, 1.807) is 4.90 Å². The Morgan fingerprint density at radius 2 is 1.62 bits per heavy atom. The van der Waals surface area contributed by atoms with Crippen LogP contribution in [-0.2, 0) is 9.59 Å². The number of rotatable bonds is 5. The molecule has 2 aromatic rings. The molecule has 2 aliphatic heterocycles. The molecule has 3 amide bonds. The minimum absolute atomic E-state index is 0.0464. The van der Waals surface area contributed by atoms with Crippen molar-refractivity contribution in [1.29, 1.82) is 0 Å². The van der Waals surface area contributed by atoms with Crippen molar-refractivity contribution in [2.45, 2.75) is 26.7 Å². The number of para-hydroxylation sites is 2. The van der Waals surface area contributed by atoms with Gasteiger partial charge >= 0.3 is 0 Å². The van der Waals surface area contributed by atoms with Crippen molar-refractivity contribution in [3.05, 3.63) is 59.2 Å². The summed E-state index contributed by atoms with van der Waals surface area (Å²) in [7, 11) is 0. The van der Waals surface area contributed by atoms with Crippen LogP contribution in [0.25, 0.3) is 0 Å². The van der Waals surface area contributed by atoms with Crippen LogP contribution in [0.1, 0.15) is 34.3 Å². The quantitative estimate of drug-likeness (QED) is 0.786. The Morgan fingerprint density at radius 1 is 0.938 bits per heavy atom. The average molecular weight is 435 g/mol. The van der Waals surface area contributed by atoms with Gasteiger partial charge in [0.15, 0.2) is 0 Å². The first-order valence-corrected chi connectivity index (χ1v) is 11.2. The van der Waals surface area contributed by atoms with Gasteiger partial charge in [-0.1, -0.05) is 29.3 Å². The summed E-state index contributed by atoms with van der Waals surface area (Å²) in [4.78, 5) is 43.4. The zero-order valence-electron chi connectivity index (χ0n) is 18.8. The normalized spacial score (nSPS) is 17.0. The van der Waals surface area contributed by atoms with E-state index in [-0.39, 0.29) is 24.3 Å². The Labute approximate surface area is 189 Å². The lowest BCUT2D eigenvalue weighted by Gasteiger charge is -2.34. The van der Waals surface area contributed by atoms with Crippen molar-refractivity contribution in [1.82, 2.24) is 9.80 Å². The smallest absolute Gasteiger partial charge is 0.253 e. The van der Waals surface area contributed by atoms with Gasteiger partial charge in [0.25, 0.3) is 5.91 Å². The van der Waals surface area contributed by atoms with Crippen LogP contribution in [0.4, 0.5) is 11.4 Å². The molecule has 0 aliphatic carbocycles. The molecule has 7 nitrogen and oxygen atoms in total. The molecule has 32 heavy (non-hydrogen) atoms. The number of nitrogens with one attached hydrogen (secondary N) is 1. The predicted molar refractivity (Wildman–Crippen MR) is 125 cm³/mol. The SMILES string of the molecule is Cc1cc(C)cc(C(=O)N2CCN(CC(=O)Nc3ccccc3N3CCCC3=O)CC2)c1. The average Bonchev–Trinajstić information content (AvgIpc) is 3.19. The molecule has 0 atom stereocenters. The molecule has 0 saturated carbocycles. The standard InChI is InChI=1S/C25H30N4O3/c1-18-14-19(2)16-20(15-18)25(32)28-12-10-27(11-13-28)17-23(30)26-21-6-3-4-7-22(21)29-9-5-8-24(29)31/h3-4,6-7,14-16H,5,8-13,17H2,1-2H3,(H,26,30). The van der Waals surface area contributed by atoms with Crippen LogP contribution >= 0.6 is 0 Å². The monoisotopic (exact) mass is 434 g/mol. The summed E-state index contributed by atoms with van der Waals surface area (Å²) >= 11 is 0. The fourth-order valence-electron chi connectivity index (χ4n) is 4.50. The van der Waals surface area contributed by atoms with Gasteiger partial charge < -0.3 is 15.1 Å². The minimum Gasteiger partial charge on any atom is -0.336 e. The second-order valence-electron chi connectivity index (χ2n) is 8.66. The Kier molecular flexibility index (Phi) is 6.55. The summed E-state index contributed by atoms with van der Waals surface area (Å²) in [6.07, 6.45) is 1.39. The van der Waals surface area contributed by atoms with Gasteiger partial charge in [0.05, 0.1) is 17.9 Å². The number of amides is 3. The van der Waals surface area contributed by atoms with Crippen molar-refractivity contribution < 1.29 is 14.4 Å². The summed E-state index contributed by atoms with van der Waals surface area (Å²) in [6, 6.07) is 13.4. The van der Waals surface area contributed by atoms with Crippen LogP contribution in [0.15, 0.2) is 42.5 Å². The van der Waals surface area contributed by atoms with Crippen molar-refractivity contribution in [2.24, 2.45) is 0 Å². The van der Waals surface area contributed by atoms with Gasteiger partial charge in [0, 0.05) is 44.7 Å². The van der Waals surface area contributed by atoms with E-state index in [0.29, 0.717) is 44.8 Å². The van der Waals surface area contributed by atoms with E-state index in [2.05, 4.69) is 16.3 Å². The molecule has 1 N–H and O–H groups in total. The number of aryl methyl sites for hydroxylation is 2. The highest BCUT2D eigenvalue weighted by Crippen LogP contribution is 2.29. The molecule has 7 heteroatoms. The zero-order valence-corrected chi connectivity index (χ0v) is 18.8. The molecule has 2 aliphatic rings. The molecule has 2 saturated heterocycles. The summed E-state index contributed by atoms with van der Waals surface area (Å²) in [5.41, 5.74) is 4.31. The van der Waals surface area contributed by atoms with Gasteiger partial charge in [0.2, 0.25) is 11.8 Å². The highest BCUT2D eigenvalue weighted by Gasteiger charge is 2.26. The molecule has 2 heterocycles. The second-order valence-corrected chi connectivity index (χ2v) is 8.66. The predicted octanol–water partition coefficient (Wildman–Crippen LogP) is 2.83. The van der Waals surface area contributed by atoms with E-state index in [4.69, 9.17) is 0 Å². The van der Waals surface area contributed by atoms with E-state index in [1.165, 1.54) is 0 Å². The molecule has 0 aromatic heterocycles. The number of benzene rings is 2. The fraction of sp³-hybridized carbons (Fsp3) is 0.400. The van der Waals surface area contributed by atoms with Gasteiger partial charge in [-0.3, -0.25) is 19.3 Å². The van der Waals surface area contributed by atoms with Gasteiger partial charge in [-0.05, 0) is 44.5 Å². The molecule has 0 radical (unpaired) electrons. The molecule has 0 bridgehead atoms. The first-order chi connectivity index (χ1) is 15.4. The zero-order chi connectivity index (χ0) is 22.7. The maximum absolute atomic E-state index is 12.9. The van der Waals surface area contributed by atoms with Crippen molar-refractivity contribution in [2.75, 3.05) is 49.5 Å². The third-order valence-electron chi connectivity index (χ3n) is 6.04. The third-order valence-corrected chi connectivity index (χ3v) is 6.04. The summed E-state index contributed by atoms with van der Waals surface area (Å²) in [6.45, 7) is 7.43. The lowest BCUT2D eigenvalue weighted by molar-refractivity contribution is -0.118. The molecule has 2 fully saturated rings. The van der Waals surface area contributed by atoms with E-state index in [1.807, 2.05) is 55.1 Å². The molecule has 0 spiro atoms. The van der Waals surface area contributed by atoms with Gasteiger partial charge in [0.1, 0.15) is 0 Å². The van der Waals surface area contributed by atoms with Crippen molar-refractivity contribution in [3.63, 3.8) is 0 Å². The number of piperazine rings is 1. The van der Waals surface area contributed by atoms with Crippen molar-refractivity contribution >= 4 is 29.1 Å². The van der Waals surface area contributed by atoms with Crippen molar-refractivity contribution in [3.8, 4) is 0 Å². The molecule has 168 valence electrons. The maximum atomic E-state index is 12.9. The van der Waals surface area contributed by atoms with Crippen LogP contribution in [0.2, 0.25) is 0 Å². The lowest BCUT2D eigenvalue weighted by atomic mass is 10.1. The molecule has 4 rings (SSSR count). The number of hydrogen-bond acceptors (Lipinski definition) is 4. The van der Waals surface area contributed by atoms with Crippen LogP contribution < -0.4 is 10.2 Å². The first kappa shape index (κ1) is 22.0. The third kappa shape index (κ3) is 4.99. The van der Waals surface area contributed by atoms with E-state index in [9.17, 15) is 14.4 Å². The highest BCUT2D eigenvalue weighted by molar-refractivity contribution is 6.02. The number of carbonyl (C=O) groups excluding carboxylic acids is 3. The Bertz CT molecular complexity index is 1010. The Balaban J connectivity index is 1.32. The minimum atomic E-state index is -0.113. The van der Waals surface area contributed by atoms with E-state index < -0.39 is 0 Å². The summed E-state index contributed by atoms with van der Waals surface area (Å²) < 4.78 is 0. The number of nitrogens with zero attached hydrogens (tertiary/aromatic N) is 3. The number of carbonyl (C=O) groups is 3. The number of hydrogen-bond donors (Lipinski definition) is 1. The summed E-state index contributed by atoms with van der Waals surface area (Å²) in [5.74, 6) is 0.0274. The molecule has 0 unspecified atom stereocenters. The van der Waals surface area contributed by atoms with Crippen LogP contribution in [-0.4, -0.2) is 66.8 Å². The number of anilines is 2. The topological polar surface area (TPSA) is 73.0 Å². The fourth-order valence-corrected chi connectivity index (χ4v) is 4.50. The van der Waals surface area contributed by atoms with Gasteiger partial charge in [-0.2, -0.15) is 0 Å². The van der Waals surface area contributed by atoms with E-state index in [0.717, 1.165) is 28.8 Å². The molecule has 2 aromatic carbocycles. The van der Waals surface area contributed by atoms with Gasteiger partial charge in [-0.15, -0.1) is 0 Å². The Morgan fingerprint density at radius 3 is 2.28 bits per heavy atom. The second kappa shape index (κ2) is 9.53. The first-order valence-electron chi connectivity index (χ1n) is 11.2. The Hall–Kier alpha value is -3.19. The lowest BCUT2D eigenvalue weighted by Crippen LogP contribution is -2.50. The highest BCUT2D eigenvalue weighted by atomic mass is 16.2. The van der Waals surface area contributed by atoms with Crippen LogP contribution in [0.3, 0.4) is 0 Å². The van der Waals surface area contributed by atoms with Gasteiger partial charge in [-0.25, -0.2) is 0 Å². The molecular weight excluding hydrogens is 404 g/mol.